The maximum atomic E-state index is 10.1. The Labute approximate surface area is 93.7 Å². The third kappa shape index (κ3) is 1.36. The van der Waals surface area contributed by atoms with Gasteiger partial charge in [0.05, 0.1) is 17.7 Å². The first-order valence-electron chi connectivity index (χ1n) is 5.48. The second-order valence-electron chi connectivity index (χ2n) is 4.23. The second-order valence-corrected chi connectivity index (χ2v) is 4.23. The molecule has 3 heteroatoms. The number of aliphatic hydroxyl groups excluding tert-OH is 1. The Morgan fingerprint density at radius 1 is 1.38 bits per heavy atom. The predicted octanol–water partition coefficient (Wildman–Crippen LogP) is 2.44. The molecular formula is C13H13NO2. The molecule has 0 bridgehead atoms. The van der Waals surface area contributed by atoms with Crippen LogP contribution in [0.25, 0.3) is 10.9 Å². The van der Waals surface area contributed by atoms with Gasteiger partial charge in [0.25, 0.3) is 0 Å². The standard InChI is InChI=1S/C13H13NO2/c1-8-7-11(15)13-9-3-2-6-14-10(9)4-5-12(13)16-8/h2-6,8,11,15H,7H2,1H3/t8-,11+/m0/s1. The van der Waals surface area contributed by atoms with E-state index in [1.54, 1.807) is 6.20 Å². The molecule has 0 unspecified atom stereocenters. The number of hydrogen-bond acceptors (Lipinski definition) is 3. The molecular weight excluding hydrogens is 202 g/mol. The second kappa shape index (κ2) is 3.46. The molecule has 0 amide bonds. The van der Waals surface area contributed by atoms with E-state index in [1.165, 1.54) is 0 Å². The summed E-state index contributed by atoms with van der Waals surface area (Å²) in [5, 5.41) is 11.1. The summed E-state index contributed by atoms with van der Waals surface area (Å²) in [6.45, 7) is 1.97. The Morgan fingerprint density at radius 3 is 3.12 bits per heavy atom. The van der Waals surface area contributed by atoms with E-state index in [1.807, 2.05) is 31.2 Å². The van der Waals surface area contributed by atoms with Crippen LogP contribution in [0.3, 0.4) is 0 Å². The van der Waals surface area contributed by atoms with Gasteiger partial charge in [0.1, 0.15) is 5.75 Å². The van der Waals surface area contributed by atoms with Crippen molar-refractivity contribution in [1.82, 2.24) is 4.98 Å². The number of fused-ring (bicyclic) bond motifs is 3. The van der Waals surface area contributed by atoms with E-state index in [9.17, 15) is 5.11 Å². The fourth-order valence-electron chi connectivity index (χ4n) is 2.30. The molecule has 3 nitrogen and oxygen atoms in total. The molecule has 0 radical (unpaired) electrons. The maximum absolute atomic E-state index is 10.1. The summed E-state index contributed by atoms with van der Waals surface area (Å²) in [5.41, 5.74) is 1.78. The van der Waals surface area contributed by atoms with Crippen molar-refractivity contribution >= 4 is 10.9 Å². The summed E-state index contributed by atoms with van der Waals surface area (Å²) in [7, 11) is 0. The lowest BCUT2D eigenvalue weighted by Gasteiger charge is -2.28. The van der Waals surface area contributed by atoms with Crippen molar-refractivity contribution in [2.75, 3.05) is 0 Å². The van der Waals surface area contributed by atoms with Gasteiger partial charge in [-0.3, -0.25) is 4.98 Å². The molecule has 2 aromatic rings. The summed E-state index contributed by atoms with van der Waals surface area (Å²) < 4.78 is 5.72. The molecule has 0 saturated heterocycles. The number of aliphatic hydroxyl groups is 1. The predicted molar refractivity (Wildman–Crippen MR) is 61.4 cm³/mol. The van der Waals surface area contributed by atoms with E-state index in [-0.39, 0.29) is 6.10 Å². The lowest BCUT2D eigenvalue weighted by molar-refractivity contribution is 0.0764. The first kappa shape index (κ1) is 9.60. The zero-order valence-electron chi connectivity index (χ0n) is 9.05. The van der Waals surface area contributed by atoms with Crippen LogP contribution < -0.4 is 4.74 Å². The van der Waals surface area contributed by atoms with Gasteiger partial charge in [-0.1, -0.05) is 6.07 Å². The van der Waals surface area contributed by atoms with Crippen molar-refractivity contribution in [2.45, 2.75) is 25.6 Å². The van der Waals surface area contributed by atoms with Crippen LogP contribution in [0.1, 0.15) is 25.0 Å². The van der Waals surface area contributed by atoms with Crippen LogP contribution in [0.2, 0.25) is 0 Å². The molecule has 0 fully saturated rings. The molecule has 16 heavy (non-hydrogen) atoms. The summed E-state index contributed by atoms with van der Waals surface area (Å²) in [5.74, 6) is 0.784. The van der Waals surface area contributed by atoms with Crippen molar-refractivity contribution in [2.24, 2.45) is 0 Å². The van der Waals surface area contributed by atoms with Gasteiger partial charge in [-0.2, -0.15) is 0 Å². The van der Waals surface area contributed by atoms with E-state index in [4.69, 9.17) is 4.74 Å². The number of ether oxygens (including phenoxy) is 1. The lowest BCUT2D eigenvalue weighted by atomic mass is 9.96. The van der Waals surface area contributed by atoms with Gasteiger partial charge < -0.3 is 9.84 Å². The largest absolute Gasteiger partial charge is 0.490 e. The molecule has 1 N–H and O–H groups in total. The van der Waals surface area contributed by atoms with Crippen molar-refractivity contribution in [3.8, 4) is 5.75 Å². The summed E-state index contributed by atoms with van der Waals surface area (Å²) in [6, 6.07) is 7.68. The van der Waals surface area contributed by atoms with Crippen LogP contribution in [-0.2, 0) is 0 Å². The van der Waals surface area contributed by atoms with Crippen molar-refractivity contribution < 1.29 is 9.84 Å². The Morgan fingerprint density at radius 2 is 2.25 bits per heavy atom. The van der Waals surface area contributed by atoms with E-state index in [2.05, 4.69) is 4.98 Å². The van der Waals surface area contributed by atoms with Gasteiger partial charge in [-0.15, -0.1) is 0 Å². The highest BCUT2D eigenvalue weighted by Gasteiger charge is 2.26. The van der Waals surface area contributed by atoms with Gasteiger partial charge in [-0.25, -0.2) is 0 Å². The quantitative estimate of drug-likeness (QED) is 0.734. The minimum absolute atomic E-state index is 0.0663. The molecule has 0 aliphatic carbocycles. The molecule has 1 aliphatic rings. The number of benzene rings is 1. The Kier molecular flexibility index (Phi) is 2.07. The van der Waals surface area contributed by atoms with Crippen LogP contribution in [0, 0.1) is 0 Å². The minimum atomic E-state index is -0.452. The first-order chi connectivity index (χ1) is 7.75. The summed E-state index contributed by atoms with van der Waals surface area (Å²) in [6.07, 6.45) is 2.01. The first-order valence-corrected chi connectivity index (χ1v) is 5.48. The van der Waals surface area contributed by atoms with Gasteiger partial charge in [0, 0.05) is 23.6 Å². The van der Waals surface area contributed by atoms with E-state index in [0.29, 0.717) is 6.42 Å². The number of rotatable bonds is 0. The van der Waals surface area contributed by atoms with Crippen molar-refractivity contribution in [1.29, 1.82) is 0 Å². The zero-order chi connectivity index (χ0) is 11.1. The molecule has 1 aromatic heterocycles. The fraction of sp³-hybridized carbons (Fsp3) is 0.308. The van der Waals surface area contributed by atoms with Gasteiger partial charge in [0.15, 0.2) is 0 Å². The van der Waals surface area contributed by atoms with Crippen LogP contribution >= 0.6 is 0 Å². The van der Waals surface area contributed by atoms with Crippen LogP contribution in [-0.4, -0.2) is 16.2 Å². The van der Waals surface area contributed by atoms with E-state index < -0.39 is 6.10 Å². The molecule has 2 heterocycles. The fourth-order valence-corrected chi connectivity index (χ4v) is 2.30. The van der Waals surface area contributed by atoms with E-state index in [0.717, 1.165) is 22.2 Å². The van der Waals surface area contributed by atoms with Crippen molar-refractivity contribution in [3.05, 3.63) is 36.0 Å². The number of pyridine rings is 1. The van der Waals surface area contributed by atoms with Gasteiger partial charge in [-0.05, 0) is 25.1 Å². The normalized spacial score (nSPS) is 23.9. The van der Waals surface area contributed by atoms with Gasteiger partial charge >= 0.3 is 0 Å². The molecule has 2 atom stereocenters. The highest BCUT2D eigenvalue weighted by Crippen LogP contribution is 2.38. The monoisotopic (exact) mass is 215 g/mol. The summed E-state index contributed by atoms with van der Waals surface area (Å²) in [4.78, 5) is 4.28. The Hall–Kier alpha value is -1.61. The molecule has 1 aromatic carbocycles. The number of nitrogens with zero attached hydrogens (tertiary/aromatic N) is 1. The average molecular weight is 215 g/mol. The SMILES string of the molecule is C[C@H]1C[C@@H](O)c2c(ccc3ncccc23)O1. The van der Waals surface area contributed by atoms with E-state index >= 15 is 0 Å². The van der Waals surface area contributed by atoms with Crippen LogP contribution in [0.4, 0.5) is 0 Å². The maximum Gasteiger partial charge on any atom is 0.126 e. The average Bonchev–Trinajstić information content (AvgIpc) is 2.28. The molecule has 82 valence electrons. The molecule has 1 aliphatic heterocycles. The Balaban J connectivity index is 2.29. The molecule has 3 rings (SSSR count). The third-order valence-electron chi connectivity index (χ3n) is 3.00. The highest BCUT2D eigenvalue weighted by molar-refractivity contribution is 5.85. The lowest BCUT2D eigenvalue weighted by Crippen LogP contribution is -2.22. The number of hydrogen-bond donors (Lipinski definition) is 1. The van der Waals surface area contributed by atoms with Crippen LogP contribution in [0.5, 0.6) is 5.75 Å². The Bertz CT molecular complexity index is 538. The number of aromatic nitrogens is 1. The summed E-state index contributed by atoms with van der Waals surface area (Å²) >= 11 is 0. The third-order valence-corrected chi connectivity index (χ3v) is 3.00. The smallest absolute Gasteiger partial charge is 0.126 e. The topological polar surface area (TPSA) is 42.4 Å². The zero-order valence-corrected chi connectivity index (χ0v) is 9.05. The van der Waals surface area contributed by atoms with Gasteiger partial charge in [0.2, 0.25) is 0 Å². The van der Waals surface area contributed by atoms with Crippen LogP contribution in [0.15, 0.2) is 30.5 Å². The molecule has 0 saturated carbocycles. The minimum Gasteiger partial charge on any atom is -0.490 e. The molecule has 0 spiro atoms. The van der Waals surface area contributed by atoms with Crippen molar-refractivity contribution in [3.63, 3.8) is 0 Å². The highest BCUT2D eigenvalue weighted by atomic mass is 16.5.